The second kappa shape index (κ2) is 8.35. The van der Waals surface area contributed by atoms with Gasteiger partial charge >= 0.3 is 0 Å². The van der Waals surface area contributed by atoms with E-state index in [-0.39, 0.29) is 5.91 Å². The van der Waals surface area contributed by atoms with Crippen molar-refractivity contribution in [3.63, 3.8) is 0 Å². The van der Waals surface area contributed by atoms with Crippen LogP contribution in [-0.2, 0) is 24.7 Å². The van der Waals surface area contributed by atoms with Crippen molar-refractivity contribution in [1.82, 2.24) is 20.1 Å². The molecule has 5 nitrogen and oxygen atoms in total. The largest absolute Gasteiger partial charge is 0.353 e. The fourth-order valence-electron chi connectivity index (χ4n) is 4.18. The molecule has 1 N–H and O–H groups in total. The Kier molecular flexibility index (Phi) is 5.88. The number of carbonyl (C=O) groups excluding carboxylic acids is 1. The highest BCUT2D eigenvalue weighted by atomic mass is 32.2. The van der Waals surface area contributed by atoms with Crippen molar-refractivity contribution in [3.05, 3.63) is 16.5 Å². The molecule has 2 heterocycles. The zero-order chi connectivity index (χ0) is 18.8. The van der Waals surface area contributed by atoms with E-state index in [2.05, 4.69) is 28.5 Å². The number of fused-ring (bicyclic) bond motifs is 1. The number of nitrogens with one attached hydrogen (secondary N) is 1. The first-order chi connectivity index (χ1) is 13.1. The minimum absolute atomic E-state index is 0.105. The molecule has 2 aliphatic rings. The number of carbonyl (C=O) groups is 1. The number of nitrogens with zero attached hydrogens (tertiary/aromatic N) is 3. The van der Waals surface area contributed by atoms with Crippen molar-refractivity contribution < 1.29 is 4.79 Å². The molecule has 146 valence electrons. The van der Waals surface area contributed by atoms with E-state index in [1.54, 1.807) is 0 Å². The summed E-state index contributed by atoms with van der Waals surface area (Å²) >= 11 is 3.34. The summed E-state index contributed by atoms with van der Waals surface area (Å²) in [5.74, 6) is 2.25. The van der Waals surface area contributed by atoms with Gasteiger partial charge in [0.1, 0.15) is 0 Å². The zero-order valence-electron chi connectivity index (χ0n) is 16.2. The maximum absolute atomic E-state index is 12.2. The number of aryl methyl sites for hydroxylation is 1. The van der Waals surface area contributed by atoms with Crippen molar-refractivity contribution in [3.8, 4) is 10.7 Å². The maximum atomic E-state index is 12.2. The third kappa shape index (κ3) is 4.24. The highest BCUT2D eigenvalue weighted by Crippen LogP contribution is 2.38. The van der Waals surface area contributed by atoms with Crippen LogP contribution >= 0.6 is 23.1 Å². The van der Waals surface area contributed by atoms with Crippen LogP contribution in [0.25, 0.3) is 10.7 Å². The molecular weight excluding hydrogens is 376 g/mol. The Bertz CT molecular complexity index is 807. The first-order valence-corrected chi connectivity index (χ1v) is 11.9. The van der Waals surface area contributed by atoms with E-state index < -0.39 is 0 Å². The molecule has 2 aliphatic carbocycles. The quantitative estimate of drug-likeness (QED) is 0.733. The Hall–Kier alpha value is -1.34. The van der Waals surface area contributed by atoms with Crippen molar-refractivity contribution in [1.29, 1.82) is 0 Å². The minimum Gasteiger partial charge on any atom is -0.353 e. The van der Waals surface area contributed by atoms with Gasteiger partial charge in [-0.25, -0.2) is 0 Å². The average molecular weight is 405 g/mol. The number of hydrogen-bond acceptors (Lipinski definition) is 5. The lowest BCUT2D eigenvalue weighted by Crippen LogP contribution is -2.33. The first kappa shape index (κ1) is 19.0. The Labute approximate surface area is 169 Å². The lowest BCUT2D eigenvalue weighted by atomic mass is 9.87. The van der Waals surface area contributed by atoms with Gasteiger partial charge < -0.3 is 9.88 Å². The Morgan fingerprint density at radius 1 is 1.33 bits per heavy atom. The summed E-state index contributed by atoms with van der Waals surface area (Å²) in [6.07, 6.45) is 9.65. The van der Waals surface area contributed by atoms with Gasteiger partial charge in [0.15, 0.2) is 11.0 Å². The molecule has 4 rings (SSSR count). The molecule has 1 saturated carbocycles. The van der Waals surface area contributed by atoms with Gasteiger partial charge in [-0.05, 0) is 49.7 Å². The van der Waals surface area contributed by atoms with Gasteiger partial charge in [0.05, 0.1) is 10.6 Å². The zero-order valence-corrected chi connectivity index (χ0v) is 17.8. The van der Waals surface area contributed by atoms with E-state index >= 15 is 0 Å². The standard InChI is InChI=1S/C20H28N4OS2/c1-3-13-8-9-16-14(10-13)11-17(27-16)19-22-23-20(24(19)2)26-12-18(25)21-15-6-4-5-7-15/h11,13,15H,3-10,12H2,1-2H3,(H,21,25)/t13-/m0/s1. The molecule has 0 spiro atoms. The second-order valence-corrected chi connectivity index (χ2v) is 9.86. The fourth-order valence-corrected chi connectivity index (χ4v) is 6.13. The Morgan fingerprint density at radius 3 is 2.93 bits per heavy atom. The summed E-state index contributed by atoms with van der Waals surface area (Å²) in [6, 6.07) is 2.69. The third-order valence-corrected chi connectivity index (χ3v) is 8.12. The van der Waals surface area contributed by atoms with Gasteiger partial charge in [-0.1, -0.05) is 37.9 Å². The lowest BCUT2D eigenvalue weighted by Gasteiger charge is -2.19. The average Bonchev–Trinajstić information content (AvgIpc) is 3.39. The van der Waals surface area contributed by atoms with Gasteiger partial charge in [-0.2, -0.15) is 0 Å². The van der Waals surface area contributed by atoms with Crippen LogP contribution in [0.4, 0.5) is 0 Å². The predicted molar refractivity (Wildman–Crippen MR) is 111 cm³/mol. The molecule has 2 aromatic rings. The second-order valence-electron chi connectivity index (χ2n) is 7.78. The summed E-state index contributed by atoms with van der Waals surface area (Å²) in [6.45, 7) is 2.29. The minimum atomic E-state index is 0.105. The normalized spacial score (nSPS) is 20.0. The first-order valence-electron chi connectivity index (χ1n) is 10.1. The summed E-state index contributed by atoms with van der Waals surface area (Å²) in [5.41, 5.74) is 1.50. The molecule has 0 bridgehead atoms. The molecule has 1 fully saturated rings. The molecule has 1 amide bonds. The number of hydrogen-bond donors (Lipinski definition) is 1. The third-order valence-electron chi connectivity index (χ3n) is 5.87. The predicted octanol–water partition coefficient (Wildman–Crippen LogP) is 4.21. The van der Waals surface area contributed by atoms with Gasteiger partial charge in [-0.15, -0.1) is 21.5 Å². The van der Waals surface area contributed by atoms with Crippen LogP contribution in [0.5, 0.6) is 0 Å². The smallest absolute Gasteiger partial charge is 0.230 e. The van der Waals surface area contributed by atoms with Crippen LogP contribution in [0.3, 0.4) is 0 Å². The summed E-state index contributed by atoms with van der Waals surface area (Å²) in [4.78, 5) is 14.9. The highest BCUT2D eigenvalue weighted by molar-refractivity contribution is 7.99. The van der Waals surface area contributed by atoms with Gasteiger partial charge in [0.25, 0.3) is 0 Å². The van der Waals surface area contributed by atoms with Crippen molar-refractivity contribution in [2.75, 3.05) is 5.75 Å². The van der Waals surface area contributed by atoms with Crippen molar-refractivity contribution in [2.45, 2.75) is 69.5 Å². The lowest BCUT2D eigenvalue weighted by molar-refractivity contribution is -0.119. The van der Waals surface area contributed by atoms with E-state index in [0.29, 0.717) is 11.8 Å². The van der Waals surface area contributed by atoms with Crippen LogP contribution < -0.4 is 5.32 Å². The Balaban J connectivity index is 1.40. The SMILES string of the molecule is CC[C@H]1CCc2sc(-c3nnc(SCC(=O)NC4CCCC4)n3C)cc2C1. The molecule has 2 aromatic heterocycles. The van der Waals surface area contributed by atoms with E-state index in [9.17, 15) is 4.79 Å². The van der Waals surface area contributed by atoms with E-state index in [1.807, 2.05) is 23.0 Å². The van der Waals surface area contributed by atoms with Crippen LogP contribution in [0, 0.1) is 5.92 Å². The molecule has 1 atom stereocenters. The summed E-state index contributed by atoms with van der Waals surface area (Å²) in [7, 11) is 2.00. The number of thioether (sulfide) groups is 1. The maximum Gasteiger partial charge on any atom is 0.230 e. The molecule has 7 heteroatoms. The molecule has 0 unspecified atom stereocenters. The van der Waals surface area contributed by atoms with Crippen molar-refractivity contribution in [2.24, 2.45) is 13.0 Å². The van der Waals surface area contributed by atoms with E-state index in [1.165, 1.54) is 65.6 Å². The molecule has 0 saturated heterocycles. The van der Waals surface area contributed by atoms with E-state index in [4.69, 9.17) is 0 Å². The molecule has 0 radical (unpaired) electrons. The number of aromatic nitrogens is 3. The summed E-state index contributed by atoms with van der Waals surface area (Å²) in [5, 5.41) is 12.7. The topological polar surface area (TPSA) is 59.8 Å². The Morgan fingerprint density at radius 2 is 2.15 bits per heavy atom. The van der Waals surface area contributed by atoms with Crippen LogP contribution in [0.1, 0.15) is 55.9 Å². The number of thiophene rings is 1. The molecule has 0 aromatic carbocycles. The summed E-state index contributed by atoms with van der Waals surface area (Å²) < 4.78 is 2.03. The fraction of sp³-hybridized carbons (Fsp3) is 0.650. The van der Waals surface area contributed by atoms with Gasteiger partial charge in [0.2, 0.25) is 5.91 Å². The molecule has 27 heavy (non-hydrogen) atoms. The van der Waals surface area contributed by atoms with Gasteiger partial charge in [0, 0.05) is 18.0 Å². The van der Waals surface area contributed by atoms with Crippen LogP contribution in [-0.4, -0.2) is 32.5 Å². The monoisotopic (exact) mass is 404 g/mol. The molecule has 0 aliphatic heterocycles. The van der Waals surface area contributed by atoms with Gasteiger partial charge in [-0.3, -0.25) is 4.79 Å². The van der Waals surface area contributed by atoms with Crippen LogP contribution in [0.15, 0.2) is 11.2 Å². The number of amides is 1. The van der Waals surface area contributed by atoms with E-state index in [0.717, 1.165) is 29.7 Å². The van der Waals surface area contributed by atoms with Crippen molar-refractivity contribution >= 4 is 29.0 Å². The molecular formula is C20H28N4OS2. The van der Waals surface area contributed by atoms with Crippen LogP contribution in [0.2, 0.25) is 0 Å². The number of rotatable bonds is 6. The highest BCUT2D eigenvalue weighted by Gasteiger charge is 2.23.